The molecule has 0 bridgehead atoms. The van der Waals surface area contributed by atoms with Gasteiger partial charge < -0.3 is 5.32 Å². The lowest BCUT2D eigenvalue weighted by Gasteiger charge is -2.20. The number of nitrogens with zero attached hydrogens (tertiary/aromatic N) is 2. The lowest BCUT2D eigenvalue weighted by atomic mass is 10.1. The van der Waals surface area contributed by atoms with Crippen LogP contribution in [-0.4, -0.2) is 30.4 Å². The third-order valence-electron chi connectivity index (χ3n) is 5.90. The summed E-state index contributed by atoms with van der Waals surface area (Å²) < 4.78 is 30.1. The Hall–Kier alpha value is -3.82. The molecule has 8 nitrogen and oxygen atoms in total. The monoisotopic (exact) mass is 504 g/mol. The summed E-state index contributed by atoms with van der Waals surface area (Å²) in [5, 5.41) is 3.10. The molecule has 0 aliphatic carbocycles. The largest absolute Gasteiger partial charge is 0.326 e. The van der Waals surface area contributed by atoms with Crippen LogP contribution in [0.2, 0.25) is 0 Å². The van der Waals surface area contributed by atoms with Gasteiger partial charge in [0.15, 0.2) is 0 Å². The zero-order valence-electron chi connectivity index (χ0n) is 20.6. The third kappa shape index (κ3) is 5.22. The van der Waals surface area contributed by atoms with Crippen LogP contribution in [0.5, 0.6) is 0 Å². The molecule has 4 rings (SSSR count). The second kappa shape index (κ2) is 10.0. The number of nitrogens with one attached hydrogen (secondary N) is 2. The lowest BCUT2D eigenvalue weighted by Crippen LogP contribution is -2.32. The van der Waals surface area contributed by atoms with Crippen molar-refractivity contribution in [2.75, 3.05) is 11.9 Å². The average molecular weight is 505 g/mol. The molecule has 0 aliphatic rings. The first kappa shape index (κ1) is 25.3. The smallest absolute Gasteiger partial charge is 0.265 e. The minimum Gasteiger partial charge on any atom is -0.326 e. The van der Waals surface area contributed by atoms with E-state index in [0.29, 0.717) is 28.1 Å². The first-order chi connectivity index (χ1) is 17.1. The number of para-hydroxylation sites is 1. The van der Waals surface area contributed by atoms with E-state index >= 15 is 0 Å². The van der Waals surface area contributed by atoms with Gasteiger partial charge in [-0.15, -0.1) is 0 Å². The zero-order valence-corrected chi connectivity index (χ0v) is 21.4. The number of benzene rings is 3. The van der Waals surface area contributed by atoms with Gasteiger partial charge in [-0.05, 0) is 61.9 Å². The molecule has 0 fully saturated rings. The fourth-order valence-electron chi connectivity index (χ4n) is 4.10. The molecular weight excluding hydrogens is 476 g/mol. The number of amides is 1. The maximum Gasteiger partial charge on any atom is 0.265 e. The Morgan fingerprint density at radius 1 is 1.03 bits per heavy atom. The Kier molecular flexibility index (Phi) is 7.05. The molecule has 1 aromatic heterocycles. The topological polar surface area (TPSA) is 110 Å². The van der Waals surface area contributed by atoms with Gasteiger partial charge >= 0.3 is 0 Å². The van der Waals surface area contributed by atoms with E-state index in [1.807, 2.05) is 45.0 Å². The van der Waals surface area contributed by atoms with E-state index in [-0.39, 0.29) is 22.9 Å². The Balaban J connectivity index is 1.69. The Labute approximate surface area is 210 Å². The molecule has 0 saturated heterocycles. The minimum atomic E-state index is -3.83. The van der Waals surface area contributed by atoms with Gasteiger partial charge in [-0.25, -0.2) is 18.1 Å². The lowest BCUT2D eigenvalue weighted by molar-refractivity contribution is -0.114. The second-order valence-electron chi connectivity index (χ2n) is 8.88. The van der Waals surface area contributed by atoms with Crippen molar-refractivity contribution < 1.29 is 13.2 Å². The van der Waals surface area contributed by atoms with E-state index < -0.39 is 15.9 Å². The summed E-state index contributed by atoms with van der Waals surface area (Å²) in [4.78, 5) is 29.6. The van der Waals surface area contributed by atoms with E-state index in [4.69, 9.17) is 4.98 Å². The van der Waals surface area contributed by atoms with Gasteiger partial charge in [-0.3, -0.25) is 14.2 Å². The Bertz CT molecular complexity index is 1610. The molecule has 0 radical (unpaired) electrons. The Morgan fingerprint density at radius 3 is 2.39 bits per heavy atom. The maximum atomic E-state index is 13.6. The highest BCUT2D eigenvalue weighted by atomic mass is 32.2. The average Bonchev–Trinajstić information content (AvgIpc) is 2.83. The van der Waals surface area contributed by atoms with Gasteiger partial charge in [0, 0.05) is 25.1 Å². The number of hydrogen-bond donors (Lipinski definition) is 2. The SMILES string of the molecule is CC(=O)Nc1ccc(S(=O)(=O)NCC(C)c2nc3ccccc3c(=O)n2-c2ccc(C)cc2C)cc1. The summed E-state index contributed by atoms with van der Waals surface area (Å²) in [6.45, 7) is 7.17. The number of carbonyl (C=O) groups excluding carboxylic acids is 1. The Morgan fingerprint density at radius 2 is 1.72 bits per heavy atom. The van der Waals surface area contributed by atoms with Gasteiger partial charge in [0.2, 0.25) is 15.9 Å². The number of hydrogen-bond acceptors (Lipinski definition) is 5. The van der Waals surface area contributed by atoms with Gasteiger partial charge in [0.05, 0.1) is 21.5 Å². The van der Waals surface area contributed by atoms with Crippen LogP contribution < -0.4 is 15.6 Å². The highest BCUT2D eigenvalue weighted by Gasteiger charge is 2.22. The molecule has 0 saturated carbocycles. The van der Waals surface area contributed by atoms with Crippen molar-refractivity contribution in [3.8, 4) is 5.69 Å². The van der Waals surface area contributed by atoms with Crippen LogP contribution in [0.15, 0.2) is 76.4 Å². The number of aryl methyl sites for hydroxylation is 2. The summed E-state index contributed by atoms with van der Waals surface area (Å²) in [6.07, 6.45) is 0. The summed E-state index contributed by atoms with van der Waals surface area (Å²) in [5.74, 6) is -0.193. The fourth-order valence-corrected chi connectivity index (χ4v) is 5.23. The van der Waals surface area contributed by atoms with Crippen molar-refractivity contribution >= 4 is 32.5 Å². The molecule has 4 aromatic rings. The molecule has 3 aromatic carbocycles. The predicted molar refractivity (Wildman–Crippen MR) is 141 cm³/mol. The molecule has 1 amide bonds. The summed E-state index contributed by atoms with van der Waals surface area (Å²) in [7, 11) is -3.83. The van der Waals surface area contributed by atoms with Crippen molar-refractivity contribution in [2.45, 2.75) is 38.5 Å². The van der Waals surface area contributed by atoms with Crippen LogP contribution in [0.25, 0.3) is 16.6 Å². The molecular formula is C27H28N4O4S. The van der Waals surface area contributed by atoms with Crippen molar-refractivity contribution in [3.63, 3.8) is 0 Å². The van der Waals surface area contributed by atoms with Crippen molar-refractivity contribution in [1.29, 1.82) is 0 Å². The molecule has 2 N–H and O–H groups in total. The highest BCUT2D eigenvalue weighted by Crippen LogP contribution is 2.23. The number of carbonyl (C=O) groups is 1. The molecule has 36 heavy (non-hydrogen) atoms. The molecule has 1 unspecified atom stereocenters. The van der Waals surface area contributed by atoms with Crippen molar-refractivity contribution in [2.24, 2.45) is 0 Å². The number of anilines is 1. The summed E-state index contributed by atoms with van der Waals surface area (Å²) >= 11 is 0. The normalized spacial score (nSPS) is 12.4. The van der Waals surface area contributed by atoms with Gasteiger partial charge in [0.25, 0.3) is 5.56 Å². The van der Waals surface area contributed by atoms with E-state index in [1.54, 1.807) is 22.8 Å². The molecule has 1 atom stereocenters. The standard InChI is InChI=1S/C27H28N4O4S/c1-17-9-14-25(18(2)15-17)31-26(30-24-8-6-5-7-23(24)27(31)33)19(3)16-28-36(34,35)22-12-10-21(11-13-22)29-20(4)32/h5-15,19,28H,16H2,1-4H3,(H,29,32). The molecule has 0 spiro atoms. The predicted octanol–water partition coefficient (Wildman–Crippen LogP) is 4.04. The summed E-state index contributed by atoms with van der Waals surface area (Å²) in [5.41, 5.74) is 3.56. The summed E-state index contributed by atoms with van der Waals surface area (Å²) in [6, 6.07) is 18.9. The van der Waals surface area contributed by atoms with Crippen LogP contribution in [0, 0.1) is 13.8 Å². The van der Waals surface area contributed by atoms with Crippen molar-refractivity contribution in [3.05, 3.63) is 94.0 Å². The van der Waals surface area contributed by atoms with Crippen LogP contribution in [0.4, 0.5) is 5.69 Å². The number of sulfonamides is 1. The first-order valence-electron chi connectivity index (χ1n) is 11.5. The van der Waals surface area contributed by atoms with E-state index in [1.165, 1.54) is 31.2 Å². The third-order valence-corrected chi connectivity index (χ3v) is 7.34. The van der Waals surface area contributed by atoms with Crippen LogP contribution in [0.3, 0.4) is 0 Å². The maximum absolute atomic E-state index is 13.6. The van der Waals surface area contributed by atoms with Crippen LogP contribution >= 0.6 is 0 Å². The van der Waals surface area contributed by atoms with Gasteiger partial charge in [0.1, 0.15) is 5.82 Å². The molecule has 9 heteroatoms. The van der Waals surface area contributed by atoms with Gasteiger partial charge in [-0.1, -0.05) is 36.8 Å². The van der Waals surface area contributed by atoms with Crippen LogP contribution in [0.1, 0.15) is 36.7 Å². The van der Waals surface area contributed by atoms with Crippen molar-refractivity contribution in [1.82, 2.24) is 14.3 Å². The van der Waals surface area contributed by atoms with E-state index in [2.05, 4.69) is 10.0 Å². The first-order valence-corrected chi connectivity index (χ1v) is 13.0. The number of rotatable bonds is 7. The van der Waals surface area contributed by atoms with Crippen LogP contribution in [-0.2, 0) is 14.8 Å². The molecule has 0 aliphatic heterocycles. The molecule has 186 valence electrons. The second-order valence-corrected chi connectivity index (χ2v) is 10.6. The highest BCUT2D eigenvalue weighted by molar-refractivity contribution is 7.89. The quantitative estimate of drug-likeness (QED) is 0.395. The minimum absolute atomic E-state index is 0.0332. The van der Waals surface area contributed by atoms with Gasteiger partial charge in [-0.2, -0.15) is 0 Å². The molecule has 1 heterocycles. The number of aromatic nitrogens is 2. The number of fused-ring (bicyclic) bond motifs is 1. The zero-order chi connectivity index (χ0) is 26.0. The van der Waals surface area contributed by atoms with E-state index in [0.717, 1.165) is 11.1 Å². The van der Waals surface area contributed by atoms with E-state index in [9.17, 15) is 18.0 Å². The fraction of sp³-hybridized carbons (Fsp3) is 0.222.